The number of hydrogen-bond donors (Lipinski definition) is 0. The van der Waals surface area contributed by atoms with Crippen LogP contribution in [0.15, 0.2) is 17.5 Å². The standard InChI is InChI=1S/C18H30OS/c1-2-3-4-5-6-7-8-9-12-17(19)13-10-14-18-15-11-16-20-18/h11,15-16H,2-10,12-14H2,1H3. The van der Waals surface area contributed by atoms with E-state index in [9.17, 15) is 4.79 Å². The maximum absolute atomic E-state index is 11.7. The van der Waals surface area contributed by atoms with Gasteiger partial charge in [0.1, 0.15) is 5.78 Å². The predicted octanol–water partition coefficient (Wildman–Crippen LogP) is 6.17. The second-order valence-corrected chi connectivity index (χ2v) is 6.73. The van der Waals surface area contributed by atoms with Crippen molar-refractivity contribution in [2.45, 2.75) is 84.0 Å². The molecule has 0 aliphatic rings. The van der Waals surface area contributed by atoms with Crippen molar-refractivity contribution >= 4 is 17.1 Å². The normalized spacial score (nSPS) is 10.8. The zero-order chi connectivity index (χ0) is 14.5. The molecule has 0 fully saturated rings. The molecule has 0 saturated carbocycles. The highest BCUT2D eigenvalue weighted by Gasteiger charge is 2.02. The van der Waals surface area contributed by atoms with Crippen LogP contribution in [0.1, 0.15) is 82.4 Å². The van der Waals surface area contributed by atoms with Gasteiger partial charge in [0.25, 0.3) is 0 Å². The summed E-state index contributed by atoms with van der Waals surface area (Å²) in [7, 11) is 0. The Bertz CT molecular complexity index is 329. The highest BCUT2D eigenvalue weighted by Crippen LogP contribution is 2.14. The summed E-state index contributed by atoms with van der Waals surface area (Å²) in [5.74, 6) is 0.465. The van der Waals surface area contributed by atoms with Crippen LogP contribution in [-0.4, -0.2) is 5.78 Å². The summed E-state index contributed by atoms with van der Waals surface area (Å²) in [6.45, 7) is 2.25. The van der Waals surface area contributed by atoms with Gasteiger partial charge >= 0.3 is 0 Å². The topological polar surface area (TPSA) is 17.1 Å². The van der Waals surface area contributed by atoms with Crippen LogP contribution >= 0.6 is 11.3 Å². The van der Waals surface area contributed by atoms with Crippen LogP contribution in [0.5, 0.6) is 0 Å². The van der Waals surface area contributed by atoms with Crippen molar-refractivity contribution in [1.29, 1.82) is 0 Å². The summed E-state index contributed by atoms with van der Waals surface area (Å²) < 4.78 is 0. The minimum absolute atomic E-state index is 0.465. The summed E-state index contributed by atoms with van der Waals surface area (Å²) in [6.07, 6.45) is 14.1. The molecule has 1 rings (SSSR count). The van der Waals surface area contributed by atoms with Crippen molar-refractivity contribution < 1.29 is 4.79 Å². The molecule has 1 heterocycles. The number of Topliss-reactive ketones (excluding diaryl/α,β-unsaturated/α-hetero) is 1. The zero-order valence-corrected chi connectivity index (χ0v) is 13.9. The zero-order valence-electron chi connectivity index (χ0n) is 13.0. The van der Waals surface area contributed by atoms with Crippen molar-refractivity contribution in [3.63, 3.8) is 0 Å². The third-order valence-corrected chi connectivity index (χ3v) is 4.70. The molecule has 0 saturated heterocycles. The molecule has 1 nitrogen and oxygen atoms in total. The molecule has 20 heavy (non-hydrogen) atoms. The third-order valence-electron chi connectivity index (χ3n) is 3.77. The summed E-state index contributed by atoms with van der Waals surface area (Å²) in [5.41, 5.74) is 0. The monoisotopic (exact) mass is 294 g/mol. The number of aryl methyl sites for hydroxylation is 1. The van der Waals surface area contributed by atoms with Crippen molar-refractivity contribution in [3.05, 3.63) is 22.4 Å². The first-order valence-corrected chi connectivity index (χ1v) is 9.25. The number of hydrogen-bond acceptors (Lipinski definition) is 2. The summed E-state index contributed by atoms with van der Waals surface area (Å²) in [6, 6.07) is 4.25. The van der Waals surface area contributed by atoms with Gasteiger partial charge in [-0.2, -0.15) is 0 Å². The second kappa shape index (κ2) is 12.1. The van der Waals surface area contributed by atoms with E-state index >= 15 is 0 Å². The maximum Gasteiger partial charge on any atom is 0.132 e. The average molecular weight is 295 g/mol. The Labute approximate surface area is 128 Å². The lowest BCUT2D eigenvalue weighted by Gasteiger charge is -2.02. The van der Waals surface area contributed by atoms with Crippen molar-refractivity contribution in [3.8, 4) is 0 Å². The molecule has 0 unspecified atom stereocenters. The lowest BCUT2D eigenvalue weighted by molar-refractivity contribution is -0.119. The summed E-state index contributed by atoms with van der Waals surface area (Å²) in [5, 5.41) is 2.11. The van der Waals surface area contributed by atoms with Crippen LogP contribution in [-0.2, 0) is 11.2 Å². The number of carbonyl (C=O) groups is 1. The van der Waals surface area contributed by atoms with Crippen molar-refractivity contribution in [2.24, 2.45) is 0 Å². The number of carbonyl (C=O) groups excluding carboxylic acids is 1. The van der Waals surface area contributed by atoms with Gasteiger partial charge in [-0.1, -0.05) is 57.9 Å². The first kappa shape index (κ1) is 17.4. The number of rotatable bonds is 13. The van der Waals surface area contributed by atoms with Crippen molar-refractivity contribution in [2.75, 3.05) is 0 Å². The molecular formula is C18H30OS. The first-order valence-electron chi connectivity index (χ1n) is 8.37. The number of unbranched alkanes of at least 4 members (excludes halogenated alkanes) is 7. The van der Waals surface area contributed by atoms with Crippen LogP contribution < -0.4 is 0 Å². The van der Waals surface area contributed by atoms with E-state index in [1.807, 2.05) is 0 Å². The molecule has 0 amide bonds. The van der Waals surface area contributed by atoms with Gasteiger partial charge in [0, 0.05) is 17.7 Å². The van der Waals surface area contributed by atoms with Gasteiger partial charge in [-0.3, -0.25) is 4.79 Å². The van der Waals surface area contributed by atoms with Gasteiger partial charge in [0.05, 0.1) is 0 Å². The SMILES string of the molecule is CCCCCCCCCCC(=O)CCCc1cccs1. The highest BCUT2D eigenvalue weighted by molar-refractivity contribution is 7.09. The van der Waals surface area contributed by atoms with Crippen LogP contribution in [0, 0.1) is 0 Å². The second-order valence-electron chi connectivity index (χ2n) is 5.70. The Kier molecular flexibility index (Phi) is 10.6. The Morgan fingerprint density at radius 1 is 0.950 bits per heavy atom. The molecule has 1 aromatic heterocycles. The van der Waals surface area contributed by atoms with Gasteiger partial charge in [-0.15, -0.1) is 11.3 Å². The Hall–Kier alpha value is -0.630. The van der Waals surface area contributed by atoms with Crippen LogP contribution in [0.4, 0.5) is 0 Å². The number of thiophene rings is 1. The van der Waals surface area contributed by atoms with Gasteiger partial charge in [-0.25, -0.2) is 0 Å². The largest absolute Gasteiger partial charge is 0.300 e. The summed E-state index contributed by atoms with van der Waals surface area (Å²) >= 11 is 1.80. The molecule has 0 N–H and O–H groups in total. The van der Waals surface area contributed by atoms with E-state index < -0.39 is 0 Å². The molecule has 0 aromatic carbocycles. The first-order chi connectivity index (χ1) is 9.83. The Morgan fingerprint density at radius 2 is 1.60 bits per heavy atom. The lowest BCUT2D eigenvalue weighted by atomic mass is 10.0. The van der Waals surface area contributed by atoms with E-state index in [4.69, 9.17) is 0 Å². The molecular weight excluding hydrogens is 264 g/mol. The minimum atomic E-state index is 0.465. The molecule has 0 radical (unpaired) electrons. The van der Waals surface area contributed by atoms with Crippen LogP contribution in [0.25, 0.3) is 0 Å². The maximum atomic E-state index is 11.7. The van der Waals surface area contributed by atoms with Gasteiger partial charge < -0.3 is 0 Å². The van der Waals surface area contributed by atoms with E-state index in [0.717, 1.165) is 32.1 Å². The van der Waals surface area contributed by atoms with Crippen molar-refractivity contribution in [1.82, 2.24) is 0 Å². The smallest absolute Gasteiger partial charge is 0.132 e. The van der Waals surface area contributed by atoms with Gasteiger partial charge in [0.2, 0.25) is 0 Å². The Balaban J connectivity index is 1.85. The van der Waals surface area contributed by atoms with E-state index in [-0.39, 0.29) is 0 Å². The van der Waals surface area contributed by atoms with E-state index in [0.29, 0.717) is 5.78 Å². The lowest BCUT2D eigenvalue weighted by Crippen LogP contribution is -1.98. The molecule has 0 aliphatic heterocycles. The fourth-order valence-corrected chi connectivity index (χ4v) is 3.25. The van der Waals surface area contributed by atoms with Crippen LogP contribution in [0.2, 0.25) is 0 Å². The molecule has 0 bridgehead atoms. The molecule has 2 heteroatoms. The predicted molar refractivity (Wildman–Crippen MR) is 89.5 cm³/mol. The van der Waals surface area contributed by atoms with E-state index in [1.54, 1.807) is 11.3 Å². The van der Waals surface area contributed by atoms with E-state index in [1.165, 1.54) is 49.8 Å². The molecule has 0 spiro atoms. The molecule has 0 aliphatic carbocycles. The van der Waals surface area contributed by atoms with Gasteiger partial charge in [0.15, 0.2) is 0 Å². The van der Waals surface area contributed by atoms with Gasteiger partial charge in [-0.05, 0) is 30.7 Å². The Morgan fingerprint density at radius 3 is 2.25 bits per heavy atom. The van der Waals surface area contributed by atoms with Crippen LogP contribution in [0.3, 0.4) is 0 Å². The van der Waals surface area contributed by atoms with E-state index in [2.05, 4.69) is 24.4 Å². The molecule has 1 aromatic rings. The highest BCUT2D eigenvalue weighted by atomic mass is 32.1. The number of ketones is 1. The minimum Gasteiger partial charge on any atom is -0.300 e. The molecule has 0 atom stereocenters. The third kappa shape index (κ3) is 9.30. The quantitative estimate of drug-likeness (QED) is 0.397. The fraction of sp³-hybridized carbons (Fsp3) is 0.722. The molecule has 114 valence electrons. The average Bonchev–Trinajstić information content (AvgIpc) is 2.95. The summed E-state index contributed by atoms with van der Waals surface area (Å²) in [4.78, 5) is 13.2. The fourth-order valence-electron chi connectivity index (χ4n) is 2.50.